The van der Waals surface area contributed by atoms with Gasteiger partial charge in [-0.1, -0.05) is 47.6 Å². The summed E-state index contributed by atoms with van der Waals surface area (Å²) in [6.07, 6.45) is 0. The molecule has 0 radical (unpaired) electrons. The largest absolute Gasteiger partial charge is 0.489 e. The predicted octanol–water partition coefficient (Wildman–Crippen LogP) is 4.35. The minimum atomic E-state index is -0.375. The molecule has 2 aromatic carbocycles. The van der Waals surface area contributed by atoms with Crippen molar-refractivity contribution in [2.45, 2.75) is 13.5 Å². The molecule has 0 spiro atoms. The van der Waals surface area contributed by atoms with Crippen molar-refractivity contribution < 1.29 is 18.1 Å². The van der Waals surface area contributed by atoms with Gasteiger partial charge in [0.15, 0.2) is 11.6 Å². The minimum Gasteiger partial charge on any atom is -0.489 e. The maximum absolute atomic E-state index is 13.6. The van der Waals surface area contributed by atoms with Crippen molar-refractivity contribution in [1.29, 1.82) is 0 Å². The quantitative estimate of drug-likeness (QED) is 0.429. The van der Waals surface area contributed by atoms with Crippen LogP contribution >= 0.6 is 0 Å². The lowest BCUT2D eigenvalue weighted by Gasteiger charge is -2.14. The second kappa shape index (κ2) is 8.87. The van der Waals surface area contributed by atoms with E-state index in [0.29, 0.717) is 48.5 Å². The molecule has 0 saturated heterocycles. The van der Waals surface area contributed by atoms with Gasteiger partial charge in [0.05, 0.1) is 6.54 Å². The van der Waals surface area contributed by atoms with Crippen LogP contribution in [0.4, 0.5) is 4.39 Å². The number of ether oxygens (including phenoxy) is 1. The predicted molar refractivity (Wildman–Crippen MR) is 108 cm³/mol. The van der Waals surface area contributed by atoms with E-state index in [-0.39, 0.29) is 11.6 Å². The molecule has 154 valence electrons. The maximum atomic E-state index is 13.6. The summed E-state index contributed by atoms with van der Waals surface area (Å²) in [5.74, 6) is 1.29. The number of rotatable bonds is 8. The lowest BCUT2D eigenvalue weighted by Crippen LogP contribution is -2.24. The lowest BCUT2D eigenvalue weighted by molar-refractivity contribution is 0.215. The van der Waals surface area contributed by atoms with Crippen molar-refractivity contribution in [2.75, 3.05) is 20.2 Å². The van der Waals surface area contributed by atoms with Crippen molar-refractivity contribution >= 4 is 0 Å². The highest BCUT2D eigenvalue weighted by atomic mass is 19.1. The van der Waals surface area contributed by atoms with Gasteiger partial charge in [0.1, 0.15) is 23.6 Å². The summed E-state index contributed by atoms with van der Waals surface area (Å²) in [4.78, 5) is 1.96. The first-order chi connectivity index (χ1) is 14.6. The van der Waals surface area contributed by atoms with Crippen molar-refractivity contribution in [3.63, 3.8) is 0 Å². The molecule has 30 heavy (non-hydrogen) atoms. The van der Waals surface area contributed by atoms with Crippen LogP contribution in [0.25, 0.3) is 22.7 Å². The molecule has 7 nitrogen and oxygen atoms in total. The van der Waals surface area contributed by atoms with E-state index in [2.05, 4.69) is 15.4 Å². The van der Waals surface area contributed by atoms with Gasteiger partial charge in [-0.05, 0) is 26.1 Å². The fraction of sp³-hybridized carbons (Fsp3) is 0.227. The summed E-state index contributed by atoms with van der Waals surface area (Å²) < 4.78 is 30.3. The highest BCUT2D eigenvalue weighted by Gasteiger charge is 2.22. The molecular weight excluding hydrogens is 387 g/mol. The van der Waals surface area contributed by atoms with E-state index < -0.39 is 0 Å². The number of likely N-dealkylation sites (N-methyl/N-ethyl adjacent to an activating group) is 1. The van der Waals surface area contributed by atoms with Gasteiger partial charge >= 0.3 is 0 Å². The Bertz CT molecular complexity index is 1110. The summed E-state index contributed by atoms with van der Waals surface area (Å²) in [7, 11) is 1.90. The van der Waals surface area contributed by atoms with E-state index in [1.54, 1.807) is 18.2 Å². The number of aryl methyl sites for hydroxylation is 1. The standard InChI is InChI=1S/C22H21FN4O3/c1-15-20(21(26-30-15)16-8-4-3-5-9-16)22-25-24-19(29-22)14-27(2)12-13-28-18-11-7-6-10-17(18)23/h3-11H,12-14H2,1-2H3. The molecule has 0 amide bonds. The normalized spacial score (nSPS) is 11.2. The van der Waals surface area contributed by atoms with Crippen LogP contribution in [0.15, 0.2) is 63.5 Å². The first-order valence-corrected chi connectivity index (χ1v) is 9.52. The van der Waals surface area contributed by atoms with Crippen molar-refractivity contribution in [3.8, 4) is 28.5 Å². The molecule has 0 aliphatic heterocycles. The number of hydrogen-bond acceptors (Lipinski definition) is 7. The number of nitrogens with zero attached hydrogens (tertiary/aromatic N) is 4. The maximum Gasteiger partial charge on any atom is 0.253 e. The van der Waals surface area contributed by atoms with Crippen LogP contribution in [-0.4, -0.2) is 40.5 Å². The summed E-state index contributed by atoms with van der Waals surface area (Å²) in [5, 5.41) is 12.5. The van der Waals surface area contributed by atoms with E-state index in [1.807, 2.05) is 49.2 Å². The van der Waals surface area contributed by atoms with Crippen LogP contribution in [0.5, 0.6) is 5.75 Å². The summed E-state index contributed by atoms with van der Waals surface area (Å²) in [6.45, 7) is 3.14. The first-order valence-electron chi connectivity index (χ1n) is 9.52. The monoisotopic (exact) mass is 408 g/mol. The smallest absolute Gasteiger partial charge is 0.253 e. The zero-order valence-corrected chi connectivity index (χ0v) is 16.7. The molecule has 0 N–H and O–H groups in total. The van der Waals surface area contributed by atoms with Gasteiger partial charge < -0.3 is 13.7 Å². The highest BCUT2D eigenvalue weighted by Crippen LogP contribution is 2.33. The fourth-order valence-electron chi connectivity index (χ4n) is 3.02. The number of benzene rings is 2. The fourth-order valence-corrected chi connectivity index (χ4v) is 3.02. The zero-order chi connectivity index (χ0) is 20.9. The van der Waals surface area contributed by atoms with Crippen LogP contribution in [0, 0.1) is 12.7 Å². The van der Waals surface area contributed by atoms with Crippen molar-refractivity contribution in [3.05, 3.63) is 72.1 Å². The average Bonchev–Trinajstić information content (AvgIpc) is 3.36. The summed E-state index contributed by atoms with van der Waals surface area (Å²) in [6, 6.07) is 16.0. The van der Waals surface area contributed by atoms with Gasteiger partial charge in [-0.2, -0.15) is 0 Å². The van der Waals surface area contributed by atoms with Crippen molar-refractivity contribution in [1.82, 2.24) is 20.3 Å². The molecule has 0 fully saturated rings. The molecule has 0 aliphatic rings. The van der Waals surface area contributed by atoms with Crippen LogP contribution < -0.4 is 4.74 Å². The molecule has 0 saturated carbocycles. The number of aromatic nitrogens is 3. The third-order valence-corrected chi connectivity index (χ3v) is 4.56. The highest BCUT2D eigenvalue weighted by molar-refractivity contribution is 5.77. The van der Waals surface area contributed by atoms with E-state index in [0.717, 1.165) is 5.56 Å². The minimum absolute atomic E-state index is 0.238. The zero-order valence-electron chi connectivity index (χ0n) is 16.7. The molecule has 0 bridgehead atoms. The Balaban J connectivity index is 1.40. The van der Waals surface area contributed by atoms with Crippen molar-refractivity contribution in [2.24, 2.45) is 0 Å². The van der Waals surface area contributed by atoms with Crippen LogP contribution in [0.3, 0.4) is 0 Å². The lowest BCUT2D eigenvalue weighted by atomic mass is 10.1. The Kier molecular flexibility index (Phi) is 5.85. The molecule has 0 atom stereocenters. The molecule has 0 unspecified atom stereocenters. The van der Waals surface area contributed by atoms with Gasteiger partial charge in [0, 0.05) is 12.1 Å². The van der Waals surface area contributed by atoms with Crippen LogP contribution in [0.1, 0.15) is 11.7 Å². The van der Waals surface area contributed by atoms with Gasteiger partial charge in [0.25, 0.3) is 5.89 Å². The Labute approximate surface area is 173 Å². The van der Waals surface area contributed by atoms with E-state index in [4.69, 9.17) is 13.7 Å². The number of halogens is 1. The molecule has 2 heterocycles. The molecule has 8 heteroatoms. The van der Waals surface area contributed by atoms with Gasteiger partial charge in [0.2, 0.25) is 5.89 Å². The summed E-state index contributed by atoms with van der Waals surface area (Å²) >= 11 is 0. The Morgan fingerprint density at radius 2 is 1.80 bits per heavy atom. The molecular formula is C22H21FN4O3. The Morgan fingerprint density at radius 1 is 1.03 bits per heavy atom. The van der Waals surface area contributed by atoms with Gasteiger partial charge in [-0.25, -0.2) is 4.39 Å². The Hall–Kier alpha value is -3.52. The average molecular weight is 408 g/mol. The van der Waals surface area contributed by atoms with E-state index in [1.165, 1.54) is 6.07 Å². The second-order valence-electron chi connectivity index (χ2n) is 6.85. The van der Waals surface area contributed by atoms with Gasteiger partial charge in [-0.15, -0.1) is 10.2 Å². The van der Waals surface area contributed by atoms with Crippen LogP contribution in [0.2, 0.25) is 0 Å². The van der Waals surface area contributed by atoms with E-state index in [9.17, 15) is 4.39 Å². The Morgan fingerprint density at radius 3 is 2.60 bits per heavy atom. The van der Waals surface area contributed by atoms with Crippen LogP contribution in [-0.2, 0) is 6.54 Å². The molecule has 4 aromatic rings. The number of para-hydroxylation sites is 1. The van der Waals surface area contributed by atoms with E-state index >= 15 is 0 Å². The third-order valence-electron chi connectivity index (χ3n) is 4.56. The SMILES string of the molecule is Cc1onc(-c2ccccc2)c1-c1nnc(CN(C)CCOc2ccccc2F)o1. The van der Waals surface area contributed by atoms with Gasteiger partial charge in [-0.3, -0.25) is 4.90 Å². The second-order valence-corrected chi connectivity index (χ2v) is 6.85. The molecule has 4 rings (SSSR count). The summed E-state index contributed by atoms with van der Waals surface area (Å²) in [5.41, 5.74) is 2.26. The number of hydrogen-bond donors (Lipinski definition) is 0. The first kappa shape index (κ1) is 19.8. The molecule has 2 aromatic heterocycles. The topological polar surface area (TPSA) is 77.4 Å². The third kappa shape index (κ3) is 4.38. The molecule has 0 aliphatic carbocycles.